The van der Waals surface area contributed by atoms with Gasteiger partial charge >= 0.3 is 5.97 Å². The molecule has 3 nitrogen and oxygen atoms in total. The fraction of sp³-hybridized carbons (Fsp3) is 0.500. The first kappa shape index (κ1) is 14.5. The Morgan fingerprint density at radius 2 is 2.32 bits per heavy atom. The fourth-order valence-electron chi connectivity index (χ4n) is 2.46. The number of methoxy groups -OCH3 is 1. The van der Waals surface area contributed by atoms with Crippen LogP contribution in [0.1, 0.15) is 24.8 Å². The third kappa shape index (κ3) is 3.54. The average molecular weight is 330 g/mol. The molecule has 1 unspecified atom stereocenters. The Morgan fingerprint density at radius 3 is 3.00 bits per heavy atom. The largest absolute Gasteiger partial charge is 0.468 e. The summed E-state index contributed by atoms with van der Waals surface area (Å²) in [4.78, 5) is 13.9. The second-order valence-corrected chi connectivity index (χ2v) is 5.61. The Bertz CT molecular complexity index is 467. The number of ether oxygens (including phenoxy) is 1. The van der Waals surface area contributed by atoms with Crippen molar-refractivity contribution >= 4 is 21.9 Å². The Labute approximate surface area is 120 Å². The van der Waals surface area contributed by atoms with Crippen molar-refractivity contribution in [2.24, 2.45) is 0 Å². The highest BCUT2D eigenvalue weighted by atomic mass is 79.9. The zero-order chi connectivity index (χ0) is 13.8. The lowest BCUT2D eigenvalue weighted by Gasteiger charge is -2.33. The molecule has 19 heavy (non-hydrogen) atoms. The van der Waals surface area contributed by atoms with Crippen molar-refractivity contribution in [2.45, 2.75) is 31.8 Å². The molecule has 1 saturated heterocycles. The molecule has 2 rings (SSSR count). The molecule has 1 aliphatic heterocycles. The van der Waals surface area contributed by atoms with E-state index in [2.05, 4.69) is 20.8 Å². The van der Waals surface area contributed by atoms with Crippen molar-refractivity contribution in [2.75, 3.05) is 13.7 Å². The first-order valence-corrected chi connectivity index (χ1v) is 7.17. The average Bonchev–Trinajstić information content (AvgIpc) is 2.43. The Hall–Kier alpha value is -0.940. The first-order chi connectivity index (χ1) is 9.11. The van der Waals surface area contributed by atoms with Crippen molar-refractivity contribution in [1.29, 1.82) is 0 Å². The number of hydrogen-bond acceptors (Lipinski definition) is 3. The molecule has 1 aromatic carbocycles. The zero-order valence-corrected chi connectivity index (χ0v) is 12.5. The molecule has 1 aromatic rings. The molecular formula is C14H17BrFNO2. The summed E-state index contributed by atoms with van der Waals surface area (Å²) in [6, 6.07) is 4.78. The van der Waals surface area contributed by atoms with Gasteiger partial charge in [0.15, 0.2) is 0 Å². The summed E-state index contributed by atoms with van der Waals surface area (Å²) in [5.74, 6) is -0.451. The number of likely N-dealkylation sites (tertiary alicyclic amines) is 1. The normalized spacial score (nSPS) is 20.3. The highest BCUT2D eigenvalue weighted by molar-refractivity contribution is 9.10. The summed E-state index contributed by atoms with van der Waals surface area (Å²) in [5, 5.41) is 0. The van der Waals surface area contributed by atoms with Crippen LogP contribution in [0.5, 0.6) is 0 Å². The van der Waals surface area contributed by atoms with E-state index in [1.54, 1.807) is 12.1 Å². The maximum atomic E-state index is 13.2. The summed E-state index contributed by atoms with van der Waals surface area (Å²) < 4.78 is 18.5. The van der Waals surface area contributed by atoms with E-state index in [1.165, 1.54) is 13.2 Å². The second-order valence-electron chi connectivity index (χ2n) is 4.75. The molecule has 1 fully saturated rings. The predicted molar refractivity (Wildman–Crippen MR) is 74.2 cm³/mol. The summed E-state index contributed by atoms with van der Waals surface area (Å²) in [7, 11) is 1.42. The van der Waals surface area contributed by atoms with E-state index in [-0.39, 0.29) is 17.8 Å². The van der Waals surface area contributed by atoms with Crippen LogP contribution in [-0.2, 0) is 16.1 Å². The molecule has 104 valence electrons. The molecular weight excluding hydrogens is 313 g/mol. The van der Waals surface area contributed by atoms with Gasteiger partial charge in [0, 0.05) is 6.54 Å². The van der Waals surface area contributed by atoms with Gasteiger partial charge in [-0.2, -0.15) is 0 Å². The minimum atomic E-state index is -0.271. The van der Waals surface area contributed by atoms with Crippen molar-refractivity contribution < 1.29 is 13.9 Å². The van der Waals surface area contributed by atoms with Gasteiger partial charge in [-0.1, -0.05) is 12.5 Å². The molecule has 0 saturated carbocycles. The first-order valence-electron chi connectivity index (χ1n) is 6.37. The molecule has 0 amide bonds. The van der Waals surface area contributed by atoms with Gasteiger partial charge in [-0.05, 0) is 53.0 Å². The lowest BCUT2D eigenvalue weighted by molar-refractivity contribution is -0.148. The van der Waals surface area contributed by atoms with Crippen LogP contribution in [0.15, 0.2) is 22.7 Å². The van der Waals surface area contributed by atoms with Crippen LogP contribution in [0.4, 0.5) is 4.39 Å². The lowest BCUT2D eigenvalue weighted by atomic mass is 10.0. The monoisotopic (exact) mass is 329 g/mol. The van der Waals surface area contributed by atoms with Gasteiger partial charge in [-0.25, -0.2) is 4.39 Å². The van der Waals surface area contributed by atoms with E-state index in [1.807, 2.05) is 0 Å². The number of benzene rings is 1. The van der Waals surface area contributed by atoms with Crippen molar-refractivity contribution in [1.82, 2.24) is 4.90 Å². The van der Waals surface area contributed by atoms with E-state index in [0.29, 0.717) is 11.0 Å². The number of carbonyl (C=O) groups is 1. The molecule has 0 aromatic heterocycles. The number of piperidine rings is 1. The number of hydrogen-bond donors (Lipinski definition) is 0. The van der Waals surface area contributed by atoms with Crippen LogP contribution in [0.3, 0.4) is 0 Å². The number of esters is 1. The molecule has 0 radical (unpaired) electrons. The Kier molecular flexibility index (Phi) is 4.93. The van der Waals surface area contributed by atoms with Crippen LogP contribution in [0.25, 0.3) is 0 Å². The Morgan fingerprint density at radius 1 is 1.53 bits per heavy atom. The lowest BCUT2D eigenvalue weighted by Crippen LogP contribution is -2.44. The highest BCUT2D eigenvalue weighted by Crippen LogP contribution is 2.23. The van der Waals surface area contributed by atoms with E-state index >= 15 is 0 Å². The van der Waals surface area contributed by atoms with Gasteiger partial charge in [0.05, 0.1) is 11.6 Å². The summed E-state index contributed by atoms with van der Waals surface area (Å²) in [6.45, 7) is 1.51. The molecule has 1 atom stereocenters. The van der Waals surface area contributed by atoms with Gasteiger partial charge in [-0.3, -0.25) is 9.69 Å². The fourth-order valence-corrected chi connectivity index (χ4v) is 2.88. The van der Waals surface area contributed by atoms with Gasteiger partial charge in [0.1, 0.15) is 11.9 Å². The molecule has 0 spiro atoms. The standard InChI is InChI=1S/C14H17BrFNO2/c1-19-14(18)13-4-2-3-7-17(13)9-10-5-6-12(16)11(15)8-10/h5-6,8,13H,2-4,7,9H2,1H3. The van der Waals surface area contributed by atoms with E-state index in [4.69, 9.17) is 4.74 Å². The van der Waals surface area contributed by atoms with Gasteiger partial charge in [0.25, 0.3) is 0 Å². The third-order valence-corrected chi connectivity index (χ3v) is 4.06. The number of nitrogens with zero attached hydrogens (tertiary/aromatic N) is 1. The van der Waals surface area contributed by atoms with Gasteiger partial charge in [0.2, 0.25) is 0 Å². The van der Waals surface area contributed by atoms with Crippen molar-refractivity contribution in [3.63, 3.8) is 0 Å². The minimum absolute atomic E-state index is 0.178. The number of rotatable bonds is 3. The highest BCUT2D eigenvalue weighted by Gasteiger charge is 2.29. The van der Waals surface area contributed by atoms with E-state index in [9.17, 15) is 9.18 Å². The molecule has 5 heteroatoms. The maximum Gasteiger partial charge on any atom is 0.323 e. The molecule has 1 aliphatic rings. The van der Waals surface area contributed by atoms with Crippen molar-refractivity contribution in [3.8, 4) is 0 Å². The van der Waals surface area contributed by atoms with E-state index in [0.717, 1.165) is 31.4 Å². The summed E-state index contributed by atoms with van der Waals surface area (Å²) in [6.07, 6.45) is 2.95. The maximum absolute atomic E-state index is 13.2. The van der Waals surface area contributed by atoms with Crippen molar-refractivity contribution in [3.05, 3.63) is 34.1 Å². The minimum Gasteiger partial charge on any atom is -0.468 e. The SMILES string of the molecule is COC(=O)C1CCCCN1Cc1ccc(F)c(Br)c1. The van der Waals surface area contributed by atoms with Crippen LogP contribution in [-0.4, -0.2) is 30.6 Å². The summed E-state index contributed by atoms with van der Waals surface area (Å²) in [5.41, 5.74) is 0.990. The van der Waals surface area contributed by atoms with Crippen LogP contribution >= 0.6 is 15.9 Å². The summed E-state index contributed by atoms with van der Waals surface area (Å²) >= 11 is 3.18. The van der Waals surface area contributed by atoms with Gasteiger partial charge in [-0.15, -0.1) is 0 Å². The van der Waals surface area contributed by atoms with Crippen LogP contribution in [0.2, 0.25) is 0 Å². The van der Waals surface area contributed by atoms with E-state index < -0.39 is 0 Å². The molecule has 0 bridgehead atoms. The predicted octanol–water partition coefficient (Wildman–Crippen LogP) is 3.12. The van der Waals surface area contributed by atoms with Crippen LogP contribution in [0, 0.1) is 5.82 Å². The number of carbonyl (C=O) groups excluding carboxylic acids is 1. The van der Waals surface area contributed by atoms with Gasteiger partial charge < -0.3 is 4.74 Å². The number of halogens is 2. The Balaban J connectivity index is 2.10. The third-order valence-electron chi connectivity index (χ3n) is 3.46. The quantitative estimate of drug-likeness (QED) is 0.798. The zero-order valence-electron chi connectivity index (χ0n) is 10.9. The molecule has 1 heterocycles. The molecule has 0 N–H and O–H groups in total. The van der Waals surface area contributed by atoms with Crippen LogP contribution < -0.4 is 0 Å². The topological polar surface area (TPSA) is 29.5 Å². The molecule has 0 aliphatic carbocycles. The smallest absolute Gasteiger partial charge is 0.323 e. The second kappa shape index (κ2) is 6.48.